The van der Waals surface area contributed by atoms with Gasteiger partial charge in [-0.1, -0.05) is 32.9 Å². The zero-order chi connectivity index (χ0) is 20.9. The number of ether oxygens (including phenoxy) is 2. The van der Waals surface area contributed by atoms with Crippen molar-refractivity contribution in [2.75, 3.05) is 23.8 Å². The predicted octanol–water partition coefficient (Wildman–Crippen LogP) is 4.48. The molecule has 2 aromatic carbocycles. The first kappa shape index (κ1) is 20.9. The maximum Gasteiger partial charge on any atom is 0.255 e. The summed E-state index contributed by atoms with van der Waals surface area (Å²) in [6, 6.07) is 14.2. The largest absolute Gasteiger partial charge is 0.491 e. The van der Waals surface area contributed by atoms with E-state index in [1.54, 1.807) is 30.3 Å². The summed E-state index contributed by atoms with van der Waals surface area (Å²) in [4.78, 5) is 24.8. The molecule has 1 aliphatic heterocycles. The summed E-state index contributed by atoms with van der Waals surface area (Å²) in [5.74, 6) is 0.323. The zero-order valence-electron chi connectivity index (χ0n) is 17.2. The molecule has 154 valence electrons. The van der Waals surface area contributed by atoms with E-state index >= 15 is 0 Å². The van der Waals surface area contributed by atoms with Crippen LogP contribution < -0.4 is 15.4 Å². The van der Waals surface area contributed by atoms with Crippen LogP contribution in [0.25, 0.3) is 0 Å². The smallest absolute Gasteiger partial charge is 0.255 e. The van der Waals surface area contributed by atoms with E-state index in [0.717, 1.165) is 19.4 Å². The lowest BCUT2D eigenvalue weighted by atomic mass is 9.95. The highest BCUT2D eigenvalue weighted by atomic mass is 16.5. The van der Waals surface area contributed by atoms with Crippen LogP contribution in [-0.2, 0) is 9.53 Å². The van der Waals surface area contributed by atoms with Crippen molar-refractivity contribution in [1.82, 2.24) is 0 Å². The van der Waals surface area contributed by atoms with E-state index in [2.05, 4.69) is 10.6 Å². The molecular weight excluding hydrogens is 368 g/mol. The van der Waals surface area contributed by atoms with Crippen LogP contribution in [0.3, 0.4) is 0 Å². The molecule has 2 aromatic rings. The molecule has 1 heterocycles. The second-order valence-electron chi connectivity index (χ2n) is 8.21. The highest BCUT2D eigenvalue weighted by molar-refractivity contribution is 6.05. The average Bonchev–Trinajstić information content (AvgIpc) is 3.20. The highest BCUT2D eigenvalue weighted by Gasteiger charge is 2.21. The maximum absolute atomic E-state index is 12.6. The topological polar surface area (TPSA) is 76.7 Å². The Kier molecular flexibility index (Phi) is 6.54. The summed E-state index contributed by atoms with van der Waals surface area (Å²) in [6.07, 6.45) is 2.22. The number of carbonyl (C=O) groups is 2. The van der Waals surface area contributed by atoms with E-state index in [9.17, 15) is 9.59 Å². The lowest BCUT2D eigenvalue weighted by Crippen LogP contribution is -2.27. The summed E-state index contributed by atoms with van der Waals surface area (Å²) >= 11 is 0. The van der Waals surface area contributed by atoms with Gasteiger partial charge in [0.2, 0.25) is 5.91 Å². The van der Waals surface area contributed by atoms with E-state index in [0.29, 0.717) is 29.3 Å². The van der Waals surface area contributed by atoms with Gasteiger partial charge in [0.05, 0.1) is 6.10 Å². The number of anilines is 2. The number of hydrogen-bond donors (Lipinski definition) is 2. The van der Waals surface area contributed by atoms with E-state index in [4.69, 9.17) is 9.47 Å². The molecule has 1 fully saturated rings. The van der Waals surface area contributed by atoms with E-state index in [1.165, 1.54) is 0 Å². The molecule has 0 radical (unpaired) electrons. The average molecular weight is 396 g/mol. The summed E-state index contributed by atoms with van der Waals surface area (Å²) in [5, 5.41) is 5.72. The van der Waals surface area contributed by atoms with Crippen LogP contribution in [0.5, 0.6) is 5.75 Å². The molecular formula is C23H28N2O4. The molecule has 1 unspecified atom stereocenters. The molecule has 0 bridgehead atoms. The molecule has 6 heteroatoms. The van der Waals surface area contributed by atoms with Crippen LogP contribution in [-0.4, -0.2) is 31.1 Å². The van der Waals surface area contributed by atoms with Crippen LogP contribution in [0.1, 0.15) is 44.0 Å². The predicted molar refractivity (Wildman–Crippen MR) is 113 cm³/mol. The Balaban J connectivity index is 1.62. The minimum Gasteiger partial charge on any atom is -0.491 e. The van der Waals surface area contributed by atoms with E-state index < -0.39 is 5.41 Å². The van der Waals surface area contributed by atoms with Gasteiger partial charge >= 0.3 is 0 Å². The molecule has 1 saturated heterocycles. The van der Waals surface area contributed by atoms with Gasteiger partial charge in [-0.05, 0) is 43.2 Å². The molecule has 0 saturated carbocycles. The van der Waals surface area contributed by atoms with Crippen LogP contribution >= 0.6 is 0 Å². The monoisotopic (exact) mass is 396 g/mol. The first-order valence-corrected chi connectivity index (χ1v) is 9.88. The minimum absolute atomic E-state index is 0.105. The fourth-order valence-corrected chi connectivity index (χ4v) is 2.89. The minimum atomic E-state index is -0.512. The SMILES string of the molecule is CC(C)(C)C(=O)Nc1cccc(C(=O)Nc2cccc(OCC3CCCO3)c2)c1. The highest BCUT2D eigenvalue weighted by Crippen LogP contribution is 2.22. The maximum atomic E-state index is 12.6. The Hall–Kier alpha value is -2.86. The molecule has 6 nitrogen and oxygen atoms in total. The van der Waals surface area contributed by atoms with Crippen molar-refractivity contribution in [2.24, 2.45) is 5.41 Å². The van der Waals surface area contributed by atoms with Crippen molar-refractivity contribution in [3.63, 3.8) is 0 Å². The Morgan fingerprint density at radius 2 is 1.79 bits per heavy atom. The molecule has 2 N–H and O–H groups in total. The van der Waals surface area contributed by atoms with E-state index in [1.807, 2.05) is 39.0 Å². The summed E-state index contributed by atoms with van der Waals surface area (Å²) < 4.78 is 11.4. The fraction of sp³-hybridized carbons (Fsp3) is 0.391. The number of amides is 2. The number of benzene rings is 2. The first-order valence-electron chi connectivity index (χ1n) is 9.88. The van der Waals surface area contributed by atoms with Gasteiger partial charge in [-0.2, -0.15) is 0 Å². The number of nitrogens with one attached hydrogen (secondary N) is 2. The Labute approximate surface area is 171 Å². The second kappa shape index (κ2) is 9.09. The van der Waals surface area contributed by atoms with Crippen LogP contribution in [0, 0.1) is 5.41 Å². The molecule has 1 aliphatic rings. The molecule has 0 spiro atoms. The Morgan fingerprint density at radius 3 is 2.48 bits per heavy atom. The van der Waals surface area contributed by atoms with Crippen LogP contribution in [0.15, 0.2) is 48.5 Å². The van der Waals surface area contributed by atoms with Gasteiger partial charge in [0.15, 0.2) is 0 Å². The van der Waals surface area contributed by atoms with Gasteiger partial charge in [0, 0.05) is 35.0 Å². The van der Waals surface area contributed by atoms with Gasteiger partial charge in [-0.15, -0.1) is 0 Å². The van der Waals surface area contributed by atoms with Gasteiger partial charge in [0.1, 0.15) is 12.4 Å². The second-order valence-corrected chi connectivity index (χ2v) is 8.21. The van der Waals surface area contributed by atoms with Crippen LogP contribution in [0.2, 0.25) is 0 Å². The molecule has 29 heavy (non-hydrogen) atoms. The van der Waals surface area contributed by atoms with Gasteiger partial charge in [-0.25, -0.2) is 0 Å². The molecule has 0 aromatic heterocycles. The normalized spacial score (nSPS) is 16.3. The van der Waals surface area contributed by atoms with Gasteiger partial charge < -0.3 is 20.1 Å². The number of carbonyl (C=O) groups excluding carboxylic acids is 2. The Morgan fingerprint density at radius 1 is 1.07 bits per heavy atom. The quantitative estimate of drug-likeness (QED) is 0.755. The van der Waals surface area contributed by atoms with Crippen molar-refractivity contribution in [2.45, 2.75) is 39.7 Å². The van der Waals surface area contributed by atoms with Crippen molar-refractivity contribution in [3.8, 4) is 5.75 Å². The zero-order valence-corrected chi connectivity index (χ0v) is 17.2. The first-order chi connectivity index (χ1) is 13.8. The molecule has 0 aliphatic carbocycles. The third kappa shape index (κ3) is 6.06. The summed E-state index contributed by atoms with van der Waals surface area (Å²) in [6.45, 7) is 6.82. The summed E-state index contributed by atoms with van der Waals surface area (Å²) in [5.41, 5.74) is 1.18. The lowest BCUT2D eigenvalue weighted by molar-refractivity contribution is -0.123. The Bertz CT molecular complexity index is 867. The van der Waals surface area contributed by atoms with E-state index in [-0.39, 0.29) is 17.9 Å². The number of rotatable bonds is 6. The third-order valence-electron chi connectivity index (χ3n) is 4.62. The summed E-state index contributed by atoms with van der Waals surface area (Å²) in [7, 11) is 0. The van der Waals surface area contributed by atoms with Crippen molar-refractivity contribution >= 4 is 23.2 Å². The van der Waals surface area contributed by atoms with Crippen molar-refractivity contribution < 1.29 is 19.1 Å². The fourth-order valence-electron chi connectivity index (χ4n) is 2.89. The molecule has 3 rings (SSSR count). The third-order valence-corrected chi connectivity index (χ3v) is 4.62. The van der Waals surface area contributed by atoms with Gasteiger partial charge in [-0.3, -0.25) is 9.59 Å². The molecule has 1 atom stereocenters. The van der Waals surface area contributed by atoms with Crippen molar-refractivity contribution in [1.29, 1.82) is 0 Å². The van der Waals surface area contributed by atoms with Crippen LogP contribution in [0.4, 0.5) is 11.4 Å². The number of hydrogen-bond acceptors (Lipinski definition) is 4. The lowest BCUT2D eigenvalue weighted by Gasteiger charge is -2.18. The molecule has 2 amide bonds. The standard InChI is InChI=1S/C23H28N2O4/c1-23(2,3)22(27)25-17-8-4-7-16(13-17)21(26)24-18-9-5-10-19(14-18)29-15-20-11-6-12-28-20/h4-5,7-10,13-14,20H,6,11-12,15H2,1-3H3,(H,24,26)(H,25,27). The van der Waals surface area contributed by atoms with Crippen molar-refractivity contribution in [3.05, 3.63) is 54.1 Å². The van der Waals surface area contributed by atoms with Gasteiger partial charge in [0.25, 0.3) is 5.91 Å².